The number of rotatable bonds is 6. The van der Waals surface area contributed by atoms with Gasteiger partial charge in [-0.1, -0.05) is 6.92 Å². The van der Waals surface area contributed by atoms with Crippen LogP contribution in [-0.4, -0.2) is 66.7 Å². The first-order valence-electron chi connectivity index (χ1n) is 11.7. The number of carbonyl (C=O) groups is 2. The van der Waals surface area contributed by atoms with E-state index in [-0.39, 0.29) is 29.4 Å². The van der Waals surface area contributed by atoms with Gasteiger partial charge in [-0.15, -0.1) is 4.99 Å². The standard InChI is InChI=1S/C24H30F2N6O5S/c1-6-27-13-19-20(30-22(32(5)38(19,35)36)31-23(34)37-24(2,3)4)16-11-15(8-9-17(16)26)29-21(33)18-10-7-14(25)12-28-18/h7-12,19-20,27H,6,13H2,1-5H3,(H,29,33)(H,30,31,34). The quantitative estimate of drug-likeness (QED) is 0.497. The molecule has 38 heavy (non-hydrogen) atoms. The van der Waals surface area contributed by atoms with Crippen molar-refractivity contribution in [1.82, 2.24) is 19.9 Å². The molecule has 3 rings (SSSR count). The number of anilines is 1. The fraction of sp³-hybridized carbons (Fsp3) is 0.417. The first-order chi connectivity index (χ1) is 17.7. The number of carbonyl (C=O) groups excluding carboxylic acids is 2. The van der Waals surface area contributed by atoms with Crippen molar-refractivity contribution in [2.75, 3.05) is 25.5 Å². The minimum atomic E-state index is -4.14. The van der Waals surface area contributed by atoms with Crippen molar-refractivity contribution in [3.05, 3.63) is 59.4 Å². The molecule has 2 unspecified atom stereocenters. The van der Waals surface area contributed by atoms with E-state index in [1.807, 2.05) is 0 Å². The Bertz CT molecular complexity index is 1330. The van der Waals surface area contributed by atoms with E-state index in [4.69, 9.17) is 4.74 Å². The maximum absolute atomic E-state index is 15.1. The van der Waals surface area contributed by atoms with Crippen molar-refractivity contribution >= 4 is 33.7 Å². The number of aliphatic imine (C=N–C) groups is 1. The minimum Gasteiger partial charge on any atom is -0.442 e. The molecule has 2 amide bonds. The summed E-state index contributed by atoms with van der Waals surface area (Å²) < 4.78 is 61.2. The minimum absolute atomic E-state index is 0.0456. The lowest BCUT2D eigenvalue weighted by molar-refractivity contribution is 0.0602. The molecule has 2 aromatic rings. The molecule has 0 spiro atoms. The van der Waals surface area contributed by atoms with Crippen molar-refractivity contribution in [2.24, 2.45) is 4.99 Å². The molecule has 1 aliphatic rings. The summed E-state index contributed by atoms with van der Waals surface area (Å²) in [7, 11) is -2.91. The van der Waals surface area contributed by atoms with E-state index in [9.17, 15) is 22.4 Å². The number of amides is 2. The van der Waals surface area contributed by atoms with Crippen LogP contribution in [-0.2, 0) is 14.8 Å². The number of nitrogens with one attached hydrogen (secondary N) is 3. The largest absolute Gasteiger partial charge is 0.442 e. The SMILES string of the molecule is CCNCC1C(c2cc(NC(=O)c3ccc(F)cn3)ccc2F)NC(=NC(=O)OC(C)(C)C)N(C)S1(=O)=O. The first-order valence-corrected chi connectivity index (χ1v) is 13.2. The predicted octanol–water partition coefficient (Wildman–Crippen LogP) is 2.79. The highest BCUT2D eigenvalue weighted by atomic mass is 32.2. The monoisotopic (exact) mass is 552 g/mol. The number of benzene rings is 1. The van der Waals surface area contributed by atoms with E-state index in [0.717, 1.165) is 22.6 Å². The molecule has 11 nitrogen and oxygen atoms in total. The lowest BCUT2D eigenvalue weighted by Gasteiger charge is -2.39. The molecule has 0 aliphatic carbocycles. The highest BCUT2D eigenvalue weighted by molar-refractivity contribution is 7.90. The summed E-state index contributed by atoms with van der Waals surface area (Å²) in [6.07, 6.45) is -0.144. The van der Waals surface area contributed by atoms with Gasteiger partial charge < -0.3 is 20.7 Å². The Morgan fingerprint density at radius 2 is 1.92 bits per heavy atom. The summed E-state index contributed by atoms with van der Waals surface area (Å²) in [5, 5.41) is 7.16. The number of guanidine groups is 1. The summed E-state index contributed by atoms with van der Waals surface area (Å²) in [5.41, 5.74) is -0.901. The van der Waals surface area contributed by atoms with Crippen molar-refractivity contribution < 1.29 is 31.5 Å². The molecular formula is C24H30F2N6O5S. The second-order valence-corrected chi connectivity index (χ2v) is 11.6. The number of aromatic nitrogens is 1. The van der Waals surface area contributed by atoms with Crippen molar-refractivity contribution in [1.29, 1.82) is 0 Å². The van der Waals surface area contributed by atoms with Gasteiger partial charge in [0.15, 0.2) is 0 Å². The molecule has 1 aliphatic heterocycles. The Balaban J connectivity index is 2.01. The normalized spacial score (nSPS) is 20.1. The molecule has 14 heteroatoms. The number of hydrogen-bond donors (Lipinski definition) is 3. The van der Waals surface area contributed by atoms with E-state index in [1.165, 1.54) is 25.2 Å². The number of hydrogen-bond acceptors (Lipinski definition) is 7. The number of halogens is 2. The Labute approximate surface area is 219 Å². The van der Waals surface area contributed by atoms with E-state index in [0.29, 0.717) is 6.54 Å². The molecule has 0 radical (unpaired) electrons. The van der Waals surface area contributed by atoms with Crippen LogP contribution in [0.4, 0.5) is 19.3 Å². The van der Waals surface area contributed by atoms with Crippen LogP contribution in [0.25, 0.3) is 0 Å². The van der Waals surface area contributed by atoms with Crippen LogP contribution >= 0.6 is 0 Å². The molecule has 3 N–H and O–H groups in total. The fourth-order valence-electron chi connectivity index (χ4n) is 3.65. The van der Waals surface area contributed by atoms with Gasteiger partial charge in [0.1, 0.15) is 28.2 Å². The van der Waals surface area contributed by atoms with Crippen LogP contribution in [0.2, 0.25) is 0 Å². The zero-order chi connectivity index (χ0) is 28.3. The maximum atomic E-state index is 15.1. The van der Waals surface area contributed by atoms with Crippen molar-refractivity contribution in [3.8, 4) is 0 Å². The van der Waals surface area contributed by atoms with Crippen LogP contribution in [0.5, 0.6) is 0 Å². The third-order valence-electron chi connectivity index (χ3n) is 5.45. The van der Waals surface area contributed by atoms with Crippen molar-refractivity contribution in [2.45, 2.75) is 44.6 Å². The predicted molar refractivity (Wildman–Crippen MR) is 137 cm³/mol. The molecule has 1 fully saturated rings. The zero-order valence-corrected chi connectivity index (χ0v) is 22.4. The Morgan fingerprint density at radius 3 is 2.53 bits per heavy atom. The molecule has 2 heterocycles. The second kappa shape index (κ2) is 11.4. The summed E-state index contributed by atoms with van der Waals surface area (Å²) in [5.74, 6) is -2.39. The summed E-state index contributed by atoms with van der Waals surface area (Å²) in [4.78, 5) is 32.4. The molecule has 0 bridgehead atoms. The van der Waals surface area contributed by atoms with Crippen LogP contribution in [0.3, 0.4) is 0 Å². The van der Waals surface area contributed by atoms with Gasteiger partial charge in [0.05, 0.1) is 12.2 Å². The molecule has 1 saturated heterocycles. The maximum Gasteiger partial charge on any atom is 0.437 e. The van der Waals surface area contributed by atoms with E-state index >= 15 is 4.39 Å². The van der Waals surface area contributed by atoms with Gasteiger partial charge >= 0.3 is 6.09 Å². The molecular weight excluding hydrogens is 522 g/mol. The third-order valence-corrected chi connectivity index (χ3v) is 7.59. The van der Waals surface area contributed by atoms with Gasteiger partial charge in [-0.25, -0.2) is 31.3 Å². The highest BCUT2D eigenvalue weighted by Crippen LogP contribution is 2.32. The smallest absolute Gasteiger partial charge is 0.437 e. The number of pyridine rings is 1. The van der Waals surface area contributed by atoms with Gasteiger partial charge in [-0.2, -0.15) is 0 Å². The van der Waals surface area contributed by atoms with E-state index in [2.05, 4.69) is 25.9 Å². The molecule has 206 valence electrons. The lowest BCUT2D eigenvalue weighted by Crippen LogP contribution is -2.60. The van der Waals surface area contributed by atoms with Gasteiger partial charge in [-0.3, -0.25) is 4.79 Å². The van der Waals surface area contributed by atoms with Crippen LogP contribution in [0.1, 0.15) is 49.8 Å². The average molecular weight is 553 g/mol. The number of nitrogens with zero attached hydrogens (tertiary/aromatic N) is 3. The highest BCUT2D eigenvalue weighted by Gasteiger charge is 2.45. The van der Waals surface area contributed by atoms with Crippen molar-refractivity contribution in [3.63, 3.8) is 0 Å². The zero-order valence-electron chi connectivity index (χ0n) is 21.6. The Morgan fingerprint density at radius 1 is 1.21 bits per heavy atom. The number of sulfonamides is 1. The first kappa shape index (κ1) is 28.9. The van der Waals surface area contributed by atoms with Gasteiger partial charge in [0, 0.05) is 24.8 Å². The van der Waals surface area contributed by atoms with Gasteiger partial charge in [0.25, 0.3) is 5.91 Å². The van der Waals surface area contributed by atoms with Crippen LogP contribution < -0.4 is 16.0 Å². The lowest BCUT2D eigenvalue weighted by atomic mass is 10.0. The molecule has 1 aromatic carbocycles. The summed E-state index contributed by atoms with van der Waals surface area (Å²) >= 11 is 0. The summed E-state index contributed by atoms with van der Waals surface area (Å²) in [6, 6.07) is 4.70. The summed E-state index contributed by atoms with van der Waals surface area (Å²) in [6.45, 7) is 7.08. The Hall–Kier alpha value is -3.65. The molecule has 2 atom stereocenters. The Kier molecular flexibility index (Phi) is 8.67. The van der Waals surface area contributed by atoms with E-state index < -0.39 is 50.6 Å². The third kappa shape index (κ3) is 6.81. The second-order valence-electron chi connectivity index (χ2n) is 9.45. The van der Waals surface area contributed by atoms with Gasteiger partial charge in [-0.05, 0) is 57.6 Å². The molecule has 0 saturated carbocycles. The van der Waals surface area contributed by atoms with E-state index in [1.54, 1.807) is 27.7 Å². The average Bonchev–Trinajstić information content (AvgIpc) is 2.82. The van der Waals surface area contributed by atoms with Crippen LogP contribution in [0, 0.1) is 11.6 Å². The number of ether oxygens (including phenoxy) is 1. The van der Waals surface area contributed by atoms with Gasteiger partial charge in [0.2, 0.25) is 16.0 Å². The fourth-order valence-corrected chi connectivity index (χ4v) is 5.27. The molecule has 1 aromatic heterocycles. The van der Waals surface area contributed by atoms with Crippen LogP contribution in [0.15, 0.2) is 41.5 Å². The topological polar surface area (TPSA) is 142 Å².